The Labute approximate surface area is 173 Å². The zero-order valence-corrected chi connectivity index (χ0v) is 17.7. The lowest BCUT2D eigenvalue weighted by molar-refractivity contribution is 0.0936. The van der Waals surface area contributed by atoms with E-state index in [1.54, 1.807) is 43.5 Å². The number of benzene rings is 2. The van der Waals surface area contributed by atoms with Crippen molar-refractivity contribution in [3.63, 3.8) is 0 Å². The monoisotopic (exact) mass is 448 g/mol. The molecule has 6 nitrogen and oxygen atoms in total. The molecule has 2 aromatic rings. The number of carbonyl (C=O) groups is 2. The lowest BCUT2D eigenvalue weighted by Crippen LogP contribution is -2.27. The summed E-state index contributed by atoms with van der Waals surface area (Å²) >= 11 is 3.39. The van der Waals surface area contributed by atoms with Crippen LogP contribution in [0.1, 0.15) is 40.5 Å². The van der Waals surface area contributed by atoms with E-state index in [1.165, 1.54) is 0 Å². The summed E-state index contributed by atoms with van der Waals surface area (Å²) in [5, 5.41) is 5.59. The average molecular weight is 449 g/mol. The molecule has 0 heterocycles. The van der Waals surface area contributed by atoms with Crippen LogP contribution in [-0.2, 0) is 4.74 Å². The van der Waals surface area contributed by atoms with Gasteiger partial charge in [0, 0.05) is 29.4 Å². The second kappa shape index (κ2) is 11.5. The Bertz CT molecular complexity index is 811. The summed E-state index contributed by atoms with van der Waals surface area (Å²) in [5.41, 5.74) is 1.42. The maximum Gasteiger partial charge on any atom is 0.259 e. The summed E-state index contributed by atoms with van der Waals surface area (Å²) in [7, 11) is 1.57. The third kappa shape index (κ3) is 6.65. The molecule has 0 unspecified atom stereocenters. The third-order valence-corrected chi connectivity index (χ3v) is 4.41. The van der Waals surface area contributed by atoms with Gasteiger partial charge in [0.1, 0.15) is 5.75 Å². The van der Waals surface area contributed by atoms with Gasteiger partial charge in [0.2, 0.25) is 0 Å². The van der Waals surface area contributed by atoms with Gasteiger partial charge in [-0.3, -0.25) is 9.59 Å². The molecule has 0 spiro atoms. The van der Waals surface area contributed by atoms with Crippen LogP contribution < -0.4 is 15.4 Å². The maximum atomic E-state index is 12.8. The first-order valence-corrected chi connectivity index (χ1v) is 9.95. The summed E-state index contributed by atoms with van der Waals surface area (Å²) in [6, 6.07) is 12.1. The van der Waals surface area contributed by atoms with E-state index in [4.69, 9.17) is 9.47 Å². The molecular weight excluding hydrogens is 424 g/mol. The minimum atomic E-state index is -0.301. The number of nitrogens with one attached hydrogen (secondary N) is 2. The Morgan fingerprint density at radius 1 is 1.07 bits per heavy atom. The summed E-state index contributed by atoms with van der Waals surface area (Å²) < 4.78 is 11.5. The van der Waals surface area contributed by atoms with Crippen LogP contribution in [0.15, 0.2) is 46.9 Å². The molecule has 0 fully saturated rings. The largest absolute Gasteiger partial charge is 0.493 e. The number of methoxy groups -OCH3 is 1. The van der Waals surface area contributed by atoms with Crippen molar-refractivity contribution in [2.45, 2.75) is 19.8 Å². The van der Waals surface area contributed by atoms with Crippen molar-refractivity contribution < 1.29 is 19.1 Å². The van der Waals surface area contributed by atoms with Crippen molar-refractivity contribution in [1.82, 2.24) is 5.32 Å². The molecule has 2 rings (SSSR count). The highest BCUT2D eigenvalue weighted by molar-refractivity contribution is 9.10. The first-order valence-electron chi connectivity index (χ1n) is 9.16. The molecule has 2 N–H and O–H groups in total. The van der Waals surface area contributed by atoms with E-state index in [0.29, 0.717) is 42.3 Å². The van der Waals surface area contributed by atoms with E-state index in [1.807, 2.05) is 6.07 Å². The highest BCUT2D eigenvalue weighted by Crippen LogP contribution is 2.25. The van der Waals surface area contributed by atoms with Crippen LogP contribution in [0.2, 0.25) is 0 Å². The fourth-order valence-corrected chi connectivity index (χ4v) is 2.80. The molecule has 28 heavy (non-hydrogen) atoms. The van der Waals surface area contributed by atoms with Crippen LogP contribution in [0, 0.1) is 0 Å². The topological polar surface area (TPSA) is 76.7 Å². The number of anilines is 1. The van der Waals surface area contributed by atoms with Crippen LogP contribution in [0.3, 0.4) is 0 Å². The molecule has 0 atom stereocenters. The van der Waals surface area contributed by atoms with Gasteiger partial charge in [0.05, 0.1) is 18.8 Å². The van der Waals surface area contributed by atoms with Crippen molar-refractivity contribution in [1.29, 1.82) is 0 Å². The molecule has 7 heteroatoms. The highest BCUT2D eigenvalue weighted by atomic mass is 79.9. The van der Waals surface area contributed by atoms with E-state index in [-0.39, 0.29) is 11.8 Å². The zero-order chi connectivity index (χ0) is 20.4. The minimum absolute atomic E-state index is 0.223. The van der Waals surface area contributed by atoms with Crippen LogP contribution in [0.25, 0.3) is 0 Å². The van der Waals surface area contributed by atoms with Crippen molar-refractivity contribution in [3.8, 4) is 5.75 Å². The van der Waals surface area contributed by atoms with Crippen molar-refractivity contribution in [2.24, 2.45) is 0 Å². The van der Waals surface area contributed by atoms with Crippen molar-refractivity contribution in [2.75, 3.05) is 32.2 Å². The molecule has 0 aliphatic rings. The SMILES string of the molecule is CCCCOc1ccc(Br)cc1C(=O)Nc1cccc(C(=O)NCCOC)c1. The Kier molecular flexibility index (Phi) is 8.97. The number of rotatable bonds is 10. The van der Waals surface area contributed by atoms with Crippen LogP contribution in [0.4, 0.5) is 5.69 Å². The normalized spacial score (nSPS) is 10.4. The molecule has 0 radical (unpaired) electrons. The molecule has 0 saturated carbocycles. The molecule has 0 bridgehead atoms. The van der Waals surface area contributed by atoms with Gasteiger partial charge in [-0.05, 0) is 42.8 Å². The minimum Gasteiger partial charge on any atom is -0.493 e. The van der Waals surface area contributed by atoms with Gasteiger partial charge in [-0.1, -0.05) is 35.3 Å². The maximum absolute atomic E-state index is 12.8. The van der Waals surface area contributed by atoms with E-state index in [2.05, 4.69) is 33.5 Å². The molecule has 0 aliphatic carbocycles. The van der Waals surface area contributed by atoms with Gasteiger partial charge in [-0.15, -0.1) is 0 Å². The van der Waals surface area contributed by atoms with Crippen LogP contribution in [-0.4, -0.2) is 38.7 Å². The Hall–Kier alpha value is -2.38. The molecule has 0 saturated heterocycles. The number of hydrogen-bond donors (Lipinski definition) is 2. The van der Waals surface area contributed by atoms with Gasteiger partial charge >= 0.3 is 0 Å². The fourth-order valence-electron chi connectivity index (χ4n) is 2.44. The molecule has 2 aromatic carbocycles. The Morgan fingerprint density at radius 3 is 2.64 bits per heavy atom. The lowest BCUT2D eigenvalue weighted by atomic mass is 10.1. The predicted molar refractivity (Wildman–Crippen MR) is 113 cm³/mol. The van der Waals surface area contributed by atoms with Crippen molar-refractivity contribution >= 4 is 33.4 Å². The molecule has 2 amide bonds. The molecule has 0 aliphatic heterocycles. The number of halogens is 1. The number of ether oxygens (including phenoxy) is 2. The standard InChI is InChI=1S/C21H25BrN2O4/c1-3-4-11-28-19-9-8-16(22)14-18(19)21(26)24-17-7-5-6-15(13-17)20(25)23-10-12-27-2/h5-9,13-14H,3-4,10-12H2,1-2H3,(H,23,25)(H,24,26). The predicted octanol–water partition coefficient (Wildman–Crippen LogP) is 4.26. The van der Waals surface area contributed by atoms with Crippen LogP contribution >= 0.6 is 15.9 Å². The van der Waals surface area contributed by atoms with Crippen molar-refractivity contribution in [3.05, 3.63) is 58.1 Å². The van der Waals surface area contributed by atoms with Gasteiger partial charge < -0.3 is 20.1 Å². The van der Waals surface area contributed by atoms with Gasteiger partial charge in [0.15, 0.2) is 0 Å². The Balaban J connectivity index is 2.11. The quantitative estimate of drug-likeness (QED) is 0.532. The summed E-state index contributed by atoms with van der Waals surface area (Å²) in [6.45, 7) is 3.49. The number of carbonyl (C=O) groups excluding carboxylic acids is 2. The van der Waals surface area contributed by atoms with E-state index in [9.17, 15) is 9.59 Å². The van der Waals surface area contributed by atoms with E-state index >= 15 is 0 Å². The molecular formula is C21H25BrN2O4. The van der Waals surface area contributed by atoms with Gasteiger partial charge in [-0.2, -0.15) is 0 Å². The Morgan fingerprint density at radius 2 is 1.89 bits per heavy atom. The van der Waals surface area contributed by atoms with E-state index in [0.717, 1.165) is 17.3 Å². The summed E-state index contributed by atoms with van der Waals surface area (Å²) in [4.78, 5) is 25.0. The highest BCUT2D eigenvalue weighted by Gasteiger charge is 2.15. The molecule has 0 aromatic heterocycles. The average Bonchev–Trinajstić information content (AvgIpc) is 2.69. The fraction of sp³-hybridized carbons (Fsp3) is 0.333. The summed E-state index contributed by atoms with van der Waals surface area (Å²) in [6.07, 6.45) is 1.93. The first-order chi connectivity index (χ1) is 13.5. The smallest absolute Gasteiger partial charge is 0.259 e. The molecule has 150 valence electrons. The second-order valence-corrected chi connectivity index (χ2v) is 7.04. The van der Waals surface area contributed by atoms with Gasteiger partial charge in [0.25, 0.3) is 11.8 Å². The lowest BCUT2D eigenvalue weighted by Gasteiger charge is -2.13. The second-order valence-electron chi connectivity index (χ2n) is 6.13. The van der Waals surface area contributed by atoms with Crippen LogP contribution in [0.5, 0.6) is 5.75 Å². The summed E-state index contributed by atoms with van der Waals surface area (Å²) in [5.74, 6) is 0.00606. The number of hydrogen-bond acceptors (Lipinski definition) is 4. The van der Waals surface area contributed by atoms with E-state index < -0.39 is 0 Å². The third-order valence-electron chi connectivity index (χ3n) is 3.92. The number of amides is 2. The first kappa shape index (κ1) is 21.9. The van der Waals surface area contributed by atoms with Gasteiger partial charge in [-0.25, -0.2) is 0 Å². The zero-order valence-electron chi connectivity index (χ0n) is 16.1. The number of unbranched alkanes of at least 4 members (excludes halogenated alkanes) is 1.